The first-order valence-electron chi connectivity index (χ1n) is 9.39. The lowest BCUT2D eigenvalue weighted by atomic mass is 10.1. The number of amides is 1. The van der Waals surface area contributed by atoms with E-state index >= 15 is 0 Å². The number of fused-ring (bicyclic) bond motifs is 2. The van der Waals surface area contributed by atoms with E-state index in [9.17, 15) is 4.79 Å². The molecular weight excluding hydrogens is 368 g/mol. The van der Waals surface area contributed by atoms with E-state index in [1.54, 1.807) is 18.4 Å². The molecule has 0 aliphatic heterocycles. The predicted molar refractivity (Wildman–Crippen MR) is 115 cm³/mol. The lowest BCUT2D eigenvalue weighted by Gasteiger charge is -2.07. The molecule has 0 spiro atoms. The fraction of sp³-hybridized carbons (Fsp3) is 0.217. The minimum absolute atomic E-state index is 0.0796. The maximum absolute atomic E-state index is 12.2. The molecule has 28 heavy (non-hydrogen) atoms. The third kappa shape index (κ3) is 4.31. The molecule has 0 bridgehead atoms. The molecule has 5 heteroatoms. The van der Waals surface area contributed by atoms with Gasteiger partial charge < -0.3 is 10.1 Å². The first-order chi connectivity index (χ1) is 13.7. The van der Waals surface area contributed by atoms with Gasteiger partial charge in [-0.3, -0.25) is 4.79 Å². The molecule has 0 aliphatic rings. The Kier molecular flexibility index (Phi) is 5.53. The van der Waals surface area contributed by atoms with Crippen LogP contribution in [0.1, 0.15) is 23.4 Å². The predicted octanol–water partition coefficient (Wildman–Crippen LogP) is 5.10. The molecule has 4 aromatic rings. The van der Waals surface area contributed by atoms with Crippen LogP contribution in [0.4, 0.5) is 0 Å². The molecule has 0 saturated heterocycles. The number of aryl methyl sites for hydroxylation is 1. The Balaban J connectivity index is 1.27. The molecule has 4 rings (SSSR count). The van der Waals surface area contributed by atoms with Gasteiger partial charge in [-0.2, -0.15) is 0 Å². The molecule has 0 unspecified atom stereocenters. The van der Waals surface area contributed by atoms with Gasteiger partial charge in [-0.15, -0.1) is 11.3 Å². The molecule has 0 radical (unpaired) electrons. The second-order valence-corrected chi connectivity index (χ2v) is 7.87. The van der Waals surface area contributed by atoms with E-state index in [1.807, 2.05) is 42.5 Å². The van der Waals surface area contributed by atoms with Crippen molar-refractivity contribution in [3.05, 3.63) is 71.2 Å². The van der Waals surface area contributed by atoms with Crippen LogP contribution in [-0.2, 0) is 17.8 Å². The number of benzene rings is 3. The molecule has 0 aliphatic carbocycles. The summed E-state index contributed by atoms with van der Waals surface area (Å²) in [6, 6.07) is 20.4. The monoisotopic (exact) mass is 390 g/mol. The highest BCUT2D eigenvalue weighted by atomic mass is 32.1. The molecule has 1 amide bonds. The molecule has 4 nitrogen and oxygen atoms in total. The number of nitrogens with zero attached hydrogens (tertiary/aromatic N) is 1. The van der Waals surface area contributed by atoms with Crippen molar-refractivity contribution in [2.45, 2.75) is 25.8 Å². The number of nitrogens with one attached hydrogen (secondary N) is 1. The topological polar surface area (TPSA) is 51.2 Å². The van der Waals surface area contributed by atoms with Crippen molar-refractivity contribution < 1.29 is 9.53 Å². The summed E-state index contributed by atoms with van der Waals surface area (Å²) in [5.74, 6) is 0.928. The van der Waals surface area contributed by atoms with Gasteiger partial charge in [0.1, 0.15) is 5.75 Å². The van der Waals surface area contributed by atoms with E-state index < -0.39 is 0 Å². The summed E-state index contributed by atoms with van der Waals surface area (Å²) in [5.41, 5.74) is 2.14. The number of hydrogen-bond donors (Lipinski definition) is 1. The van der Waals surface area contributed by atoms with E-state index in [-0.39, 0.29) is 5.91 Å². The highest BCUT2D eigenvalue weighted by Gasteiger charge is 2.06. The van der Waals surface area contributed by atoms with Crippen molar-refractivity contribution in [2.75, 3.05) is 7.11 Å². The Labute approximate surface area is 168 Å². The zero-order valence-electron chi connectivity index (χ0n) is 15.8. The second-order valence-electron chi connectivity index (χ2n) is 6.75. The molecule has 1 heterocycles. The summed E-state index contributed by atoms with van der Waals surface area (Å²) in [4.78, 5) is 16.8. The van der Waals surface area contributed by atoms with Crippen molar-refractivity contribution in [1.82, 2.24) is 10.3 Å². The van der Waals surface area contributed by atoms with Crippen molar-refractivity contribution in [3.8, 4) is 5.75 Å². The molecule has 1 N–H and O–H groups in total. The summed E-state index contributed by atoms with van der Waals surface area (Å²) in [6.45, 7) is 0.544. The number of aromatic nitrogens is 1. The van der Waals surface area contributed by atoms with Gasteiger partial charge in [-0.25, -0.2) is 4.98 Å². The van der Waals surface area contributed by atoms with Gasteiger partial charge in [-0.05, 0) is 59.5 Å². The molecule has 0 saturated carbocycles. The molecule has 0 atom stereocenters. The number of carbonyl (C=O) groups excluding carboxylic acids is 1. The molecule has 0 fully saturated rings. The lowest BCUT2D eigenvalue weighted by molar-refractivity contribution is -0.121. The van der Waals surface area contributed by atoms with E-state index in [1.165, 1.54) is 4.70 Å². The number of ether oxygens (including phenoxy) is 1. The lowest BCUT2D eigenvalue weighted by Crippen LogP contribution is -2.22. The number of thiazole rings is 1. The van der Waals surface area contributed by atoms with Crippen LogP contribution >= 0.6 is 11.3 Å². The first kappa shape index (κ1) is 18.4. The third-order valence-electron chi connectivity index (χ3n) is 4.73. The van der Waals surface area contributed by atoms with Crippen LogP contribution in [0.3, 0.4) is 0 Å². The van der Waals surface area contributed by atoms with Crippen molar-refractivity contribution in [3.63, 3.8) is 0 Å². The van der Waals surface area contributed by atoms with Crippen molar-refractivity contribution in [2.24, 2.45) is 0 Å². The minimum Gasteiger partial charge on any atom is -0.497 e. The zero-order chi connectivity index (χ0) is 19.3. The number of methoxy groups -OCH3 is 1. The first-order valence-corrected chi connectivity index (χ1v) is 10.2. The van der Waals surface area contributed by atoms with Gasteiger partial charge in [0.15, 0.2) is 0 Å². The molecule has 142 valence electrons. The third-order valence-corrected chi connectivity index (χ3v) is 5.83. The number of rotatable bonds is 7. The van der Waals surface area contributed by atoms with E-state index in [4.69, 9.17) is 4.74 Å². The minimum atomic E-state index is 0.0796. The Bertz CT molecular complexity index is 1090. The largest absolute Gasteiger partial charge is 0.497 e. The van der Waals surface area contributed by atoms with Crippen LogP contribution in [0.25, 0.3) is 21.0 Å². The maximum Gasteiger partial charge on any atom is 0.220 e. The van der Waals surface area contributed by atoms with Gasteiger partial charge in [0.25, 0.3) is 0 Å². The smallest absolute Gasteiger partial charge is 0.220 e. The Morgan fingerprint density at radius 3 is 2.75 bits per heavy atom. The summed E-state index contributed by atoms with van der Waals surface area (Å²) >= 11 is 1.71. The number of hydrogen-bond acceptors (Lipinski definition) is 4. The van der Waals surface area contributed by atoms with Gasteiger partial charge in [0, 0.05) is 13.0 Å². The van der Waals surface area contributed by atoms with Crippen LogP contribution < -0.4 is 10.1 Å². The fourth-order valence-electron chi connectivity index (χ4n) is 3.23. The van der Waals surface area contributed by atoms with Gasteiger partial charge >= 0.3 is 0 Å². The number of para-hydroxylation sites is 1. The standard InChI is InChI=1S/C23H22N2O2S/c1-27-19-12-11-17-13-16(9-10-18(17)14-19)15-24-22(26)7-4-8-23-25-20-5-2-3-6-21(20)28-23/h2-3,5-6,9-14H,4,7-8,15H2,1H3,(H,24,26). The molecule has 3 aromatic carbocycles. The number of carbonyl (C=O) groups is 1. The second kappa shape index (κ2) is 8.40. The Morgan fingerprint density at radius 1 is 1.07 bits per heavy atom. The fourth-order valence-corrected chi connectivity index (χ4v) is 4.24. The van der Waals surface area contributed by atoms with Crippen molar-refractivity contribution in [1.29, 1.82) is 0 Å². The van der Waals surface area contributed by atoms with Gasteiger partial charge in [0.05, 0.1) is 22.3 Å². The average molecular weight is 391 g/mol. The van der Waals surface area contributed by atoms with E-state index in [2.05, 4.69) is 28.5 Å². The molecule has 1 aromatic heterocycles. The van der Waals surface area contributed by atoms with Crippen LogP contribution in [0.2, 0.25) is 0 Å². The van der Waals surface area contributed by atoms with Crippen LogP contribution in [0, 0.1) is 0 Å². The average Bonchev–Trinajstić information content (AvgIpc) is 3.14. The summed E-state index contributed by atoms with van der Waals surface area (Å²) < 4.78 is 6.46. The zero-order valence-corrected chi connectivity index (χ0v) is 16.6. The SMILES string of the molecule is COc1ccc2cc(CNC(=O)CCCc3nc4ccccc4s3)ccc2c1. The Morgan fingerprint density at radius 2 is 1.89 bits per heavy atom. The highest BCUT2D eigenvalue weighted by Crippen LogP contribution is 2.23. The quantitative estimate of drug-likeness (QED) is 0.478. The van der Waals surface area contributed by atoms with Gasteiger partial charge in [0.2, 0.25) is 5.91 Å². The normalized spacial score (nSPS) is 11.0. The highest BCUT2D eigenvalue weighted by molar-refractivity contribution is 7.18. The summed E-state index contributed by atoms with van der Waals surface area (Å²) in [6.07, 6.45) is 2.16. The van der Waals surface area contributed by atoms with Crippen molar-refractivity contribution >= 4 is 38.2 Å². The van der Waals surface area contributed by atoms with Crippen LogP contribution in [0.5, 0.6) is 5.75 Å². The van der Waals surface area contributed by atoms with Gasteiger partial charge in [-0.1, -0.05) is 30.3 Å². The van der Waals surface area contributed by atoms with Crippen LogP contribution in [-0.4, -0.2) is 18.0 Å². The summed E-state index contributed by atoms with van der Waals surface area (Å²) in [5, 5.41) is 6.39. The maximum atomic E-state index is 12.2. The Hall–Kier alpha value is -2.92. The van der Waals surface area contributed by atoms with Crippen LogP contribution in [0.15, 0.2) is 60.7 Å². The summed E-state index contributed by atoms with van der Waals surface area (Å²) in [7, 11) is 1.67. The van der Waals surface area contributed by atoms with E-state index in [0.717, 1.165) is 45.5 Å². The van der Waals surface area contributed by atoms with E-state index in [0.29, 0.717) is 13.0 Å². The molecular formula is C23H22N2O2S.